The van der Waals surface area contributed by atoms with Gasteiger partial charge in [0.05, 0.1) is 11.4 Å². The molecule has 1 heterocycles. The molecule has 0 saturated heterocycles. The van der Waals surface area contributed by atoms with Crippen molar-refractivity contribution in [1.82, 2.24) is 15.1 Å². The molecular formula is C12H23N3O2S. The van der Waals surface area contributed by atoms with E-state index in [-0.39, 0.29) is 11.8 Å². The van der Waals surface area contributed by atoms with Gasteiger partial charge in [0.1, 0.15) is 9.84 Å². The lowest BCUT2D eigenvalue weighted by molar-refractivity contribution is 0.503. The van der Waals surface area contributed by atoms with Crippen molar-refractivity contribution in [2.24, 2.45) is 0 Å². The topological polar surface area (TPSA) is 64.0 Å². The molecule has 0 aliphatic heterocycles. The Morgan fingerprint density at radius 1 is 1.44 bits per heavy atom. The smallest absolute Gasteiger partial charge is 0.148 e. The summed E-state index contributed by atoms with van der Waals surface area (Å²) in [5.41, 5.74) is 2.20. The Morgan fingerprint density at radius 2 is 2.11 bits per heavy atom. The molecule has 0 amide bonds. The summed E-state index contributed by atoms with van der Waals surface area (Å²) in [6.07, 6.45) is 2.21. The third kappa shape index (κ3) is 5.64. The molecule has 0 aromatic carbocycles. The molecule has 0 saturated carbocycles. The van der Waals surface area contributed by atoms with Crippen molar-refractivity contribution in [3.05, 3.63) is 17.5 Å². The predicted molar refractivity (Wildman–Crippen MR) is 73.5 cm³/mol. The molecule has 104 valence electrons. The lowest BCUT2D eigenvalue weighted by atomic mass is 10.3. The molecule has 0 aliphatic rings. The fraction of sp³-hybridized carbons (Fsp3) is 0.750. The van der Waals surface area contributed by atoms with Gasteiger partial charge in [-0.15, -0.1) is 0 Å². The summed E-state index contributed by atoms with van der Waals surface area (Å²) in [5.74, 6) is 0.187. The quantitative estimate of drug-likeness (QED) is 0.750. The molecule has 0 spiro atoms. The number of nitrogens with one attached hydrogen (secondary N) is 1. The van der Waals surface area contributed by atoms with Crippen LogP contribution in [-0.4, -0.2) is 42.8 Å². The van der Waals surface area contributed by atoms with Gasteiger partial charge in [-0.3, -0.25) is 4.68 Å². The molecular weight excluding hydrogens is 250 g/mol. The Balaban J connectivity index is 2.25. The van der Waals surface area contributed by atoms with E-state index in [0.29, 0.717) is 0 Å². The van der Waals surface area contributed by atoms with Crippen molar-refractivity contribution in [2.45, 2.75) is 39.8 Å². The average molecular weight is 273 g/mol. The first kappa shape index (κ1) is 15.2. The Morgan fingerprint density at radius 3 is 2.61 bits per heavy atom. The van der Waals surface area contributed by atoms with E-state index in [1.165, 1.54) is 6.26 Å². The second-order valence-corrected chi connectivity index (χ2v) is 7.14. The number of rotatable bonds is 7. The van der Waals surface area contributed by atoms with Gasteiger partial charge in [-0.05, 0) is 39.8 Å². The fourth-order valence-corrected chi connectivity index (χ4v) is 3.02. The first-order chi connectivity index (χ1) is 8.28. The van der Waals surface area contributed by atoms with Crippen LogP contribution in [0.5, 0.6) is 0 Å². The molecule has 0 bridgehead atoms. The fourth-order valence-electron chi connectivity index (χ4n) is 1.99. The van der Waals surface area contributed by atoms with Crippen molar-refractivity contribution >= 4 is 9.84 Å². The largest absolute Gasteiger partial charge is 0.313 e. The van der Waals surface area contributed by atoms with Crippen LogP contribution < -0.4 is 5.32 Å². The summed E-state index contributed by atoms with van der Waals surface area (Å²) in [5, 5.41) is 7.59. The summed E-state index contributed by atoms with van der Waals surface area (Å²) in [7, 11) is -2.90. The van der Waals surface area contributed by atoms with E-state index in [1.807, 2.05) is 25.5 Å². The molecule has 1 N–H and O–H groups in total. The minimum absolute atomic E-state index is 0.000421. The zero-order valence-corrected chi connectivity index (χ0v) is 12.4. The SMILES string of the molecule is Cc1cc(C)n(CCCNC(C)CS(C)(=O)=O)n1. The molecule has 1 aromatic rings. The molecule has 6 heteroatoms. The van der Waals surface area contributed by atoms with Crippen molar-refractivity contribution in [3.63, 3.8) is 0 Å². The van der Waals surface area contributed by atoms with Crippen molar-refractivity contribution < 1.29 is 8.42 Å². The van der Waals surface area contributed by atoms with Crippen LogP contribution in [0.4, 0.5) is 0 Å². The summed E-state index contributed by atoms with van der Waals surface area (Å²) >= 11 is 0. The van der Waals surface area contributed by atoms with Crippen molar-refractivity contribution in [3.8, 4) is 0 Å². The van der Waals surface area contributed by atoms with Gasteiger partial charge in [0.2, 0.25) is 0 Å². The number of sulfone groups is 1. The number of nitrogens with zero attached hydrogens (tertiary/aromatic N) is 2. The van der Waals surface area contributed by atoms with Gasteiger partial charge in [-0.2, -0.15) is 5.10 Å². The maximum atomic E-state index is 11.1. The normalized spacial score (nSPS) is 13.8. The van der Waals surface area contributed by atoms with Crippen LogP contribution in [0, 0.1) is 13.8 Å². The lowest BCUT2D eigenvalue weighted by Crippen LogP contribution is -2.33. The van der Waals surface area contributed by atoms with E-state index >= 15 is 0 Å². The minimum Gasteiger partial charge on any atom is -0.313 e. The molecule has 0 radical (unpaired) electrons. The number of hydrogen-bond acceptors (Lipinski definition) is 4. The molecule has 18 heavy (non-hydrogen) atoms. The number of hydrogen-bond donors (Lipinski definition) is 1. The Hall–Kier alpha value is -0.880. The first-order valence-corrected chi connectivity index (χ1v) is 8.26. The zero-order valence-electron chi connectivity index (χ0n) is 11.6. The van der Waals surface area contributed by atoms with Gasteiger partial charge < -0.3 is 5.32 Å². The highest BCUT2D eigenvalue weighted by molar-refractivity contribution is 7.90. The maximum Gasteiger partial charge on any atom is 0.148 e. The standard InChI is InChI=1S/C12H23N3O2S/c1-10-8-12(3)15(14-10)7-5-6-13-11(2)9-18(4,16)17/h8,11,13H,5-7,9H2,1-4H3. The average Bonchev–Trinajstić information content (AvgIpc) is 2.49. The van der Waals surface area contributed by atoms with Crippen LogP contribution in [0.25, 0.3) is 0 Å². The van der Waals surface area contributed by atoms with Gasteiger partial charge in [0, 0.05) is 24.5 Å². The number of aryl methyl sites for hydroxylation is 3. The second kappa shape index (κ2) is 6.33. The summed E-state index contributed by atoms with van der Waals surface area (Å²) in [6, 6.07) is 2.06. The summed E-state index contributed by atoms with van der Waals surface area (Å²) < 4.78 is 24.2. The van der Waals surface area contributed by atoms with E-state index in [2.05, 4.69) is 16.5 Å². The van der Waals surface area contributed by atoms with E-state index in [9.17, 15) is 8.42 Å². The van der Waals surface area contributed by atoms with Gasteiger partial charge in [0.25, 0.3) is 0 Å². The van der Waals surface area contributed by atoms with Gasteiger partial charge >= 0.3 is 0 Å². The summed E-state index contributed by atoms with van der Waals surface area (Å²) in [4.78, 5) is 0. The second-order valence-electron chi connectivity index (χ2n) is 4.95. The van der Waals surface area contributed by atoms with Crippen LogP contribution in [0.3, 0.4) is 0 Å². The Bertz CT molecular complexity index is 480. The molecule has 1 aromatic heterocycles. The maximum absolute atomic E-state index is 11.1. The van der Waals surface area contributed by atoms with Crippen LogP contribution in [0.2, 0.25) is 0 Å². The highest BCUT2D eigenvalue weighted by Crippen LogP contribution is 2.02. The van der Waals surface area contributed by atoms with Crippen LogP contribution in [0.15, 0.2) is 6.07 Å². The molecule has 0 aliphatic carbocycles. The third-order valence-electron chi connectivity index (χ3n) is 2.70. The van der Waals surface area contributed by atoms with E-state index in [0.717, 1.165) is 30.9 Å². The minimum atomic E-state index is -2.90. The van der Waals surface area contributed by atoms with Crippen molar-refractivity contribution in [2.75, 3.05) is 18.6 Å². The molecule has 5 nitrogen and oxygen atoms in total. The highest BCUT2D eigenvalue weighted by atomic mass is 32.2. The van der Waals surface area contributed by atoms with Gasteiger partial charge in [-0.1, -0.05) is 0 Å². The molecule has 1 rings (SSSR count). The van der Waals surface area contributed by atoms with Gasteiger partial charge in [0.15, 0.2) is 0 Å². The van der Waals surface area contributed by atoms with Crippen LogP contribution in [0.1, 0.15) is 24.7 Å². The van der Waals surface area contributed by atoms with Crippen LogP contribution >= 0.6 is 0 Å². The van der Waals surface area contributed by atoms with E-state index in [4.69, 9.17) is 0 Å². The Labute approximate surface area is 109 Å². The summed E-state index contributed by atoms with van der Waals surface area (Å²) in [6.45, 7) is 7.58. The third-order valence-corrected chi connectivity index (χ3v) is 3.80. The molecule has 1 atom stereocenters. The molecule has 0 fully saturated rings. The van der Waals surface area contributed by atoms with E-state index in [1.54, 1.807) is 0 Å². The number of aromatic nitrogens is 2. The zero-order chi connectivity index (χ0) is 13.8. The van der Waals surface area contributed by atoms with E-state index < -0.39 is 9.84 Å². The Kier molecular flexibility index (Phi) is 5.34. The lowest BCUT2D eigenvalue weighted by Gasteiger charge is -2.12. The monoisotopic (exact) mass is 273 g/mol. The predicted octanol–water partition coefficient (Wildman–Crippen LogP) is 0.913. The highest BCUT2D eigenvalue weighted by Gasteiger charge is 2.09. The first-order valence-electron chi connectivity index (χ1n) is 6.20. The molecule has 1 unspecified atom stereocenters. The van der Waals surface area contributed by atoms with Gasteiger partial charge in [-0.25, -0.2) is 8.42 Å². The van der Waals surface area contributed by atoms with Crippen molar-refractivity contribution in [1.29, 1.82) is 0 Å². The van der Waals surface area contributed by atoms with Crippen LogP contribution in [-0.2, 0) is 16.4 Å².